The van der Waals surface area contributed by atoms with Gasteiger partial charge in [-0.3, -0.25) is 4.79 Å². The summed E-state index contributed by atoms with van der Waals surface area (Å²) in [5.41, 5.74) is 6.19. The van der Waals surface area contributed by atoms with E-state index in [1.54, 1.807) is 6.07 Å². The van der Waals surface area contributed by atoms with Gasteiger partial charge in [-0.15, -0.1) is 10.2 Å². The Hall–Kier alpha value is -1.54. The summed E-state index contributed by atoms with van der Waals surface area (Å²) in [5.74, 6) is 0.0953. The Morgan fingerprint density at radius 2 is 2.24 bits per heavy atom. The number of aryl methyl sites for hydroxylation is 1. The number of hydrogen-bond donors (Lipinski definition) is 2. The smallest absolute Gasteiger partial charge is 0.287 e. The standard InChI is InChI=1S/C9H8BrN5OS/c1-4-5(10)2-3-6(12-4)13-7(16)8-14-15-9(11)17-8/h2-3H,1H3,(H2,11,15)(H,12,13,16). The highest BCUT2D eigenvalue weighted by Gasteiger charge is 2.12. The Kier molecular flexibility index (Phi) is 3.34. The third-order valence-corrected chi connectivity index (χ3v) is 3.49. The van der Waals surface area contributed by atoms with Gasteiger partial charge in [0.1, 0.15) is 5.82 Å². The number of hydrogen-bond acceptors (Lipinski definition) is 6. The number of amides is 1. The molecule has 0 fully saturated rings. The molecule has 0 radical (unpaired) electrons. The van der Waals surface area contributed by atoms with Gasteiger partial charge in [0.25, 0.3) is 5.91 Å². The number of halogens is 1. The summed E-state index contributed by atoms with van der Waals surface area (Å²) >= 11 is 4.36. The summed E-state index contributed by atoms with van der Waals surface area (Å²) in [6, 6.07) is 3.51. The molecule has 2 rings (SSSR count). The average molecular weight is 314 g/mol. The van der Waals surface area contributed by atoms with E-state index in [4.69, 9.17) is 5.73 Å². The maximum atomic E-state index is 11.7. The van der Waals surface area contributed by atoms with Crippen molar-refractivity contribution >= 4 is 44.1 Å². The highest BCUT2D eigenvalue weighted by Crippen LogP contribution is 2.17. The van der Waals surface area contributed by atoms with E-state index in [0.717, 1.165) is 21.5 Å². The molecule has 0 aliphatic rings. The van der Waals surface area contributed by atoms with Gasteiger partial charge in [0.2, 0.25) is 10.1 Å². The lowest BCUT2D eigenvalue weighted by atomic mass is 10.4. The normalized spacial score (nSPS) is 10.2. The van der Waals surface area contributed by atoms with Crippen molar-refractivity contribution in [2.24, 2.45) is 0 Å². The third kappa shape index (κ3) is 2.77. The lowest BCUT2D eigenvalue weighted by Crippen LogP contribution is -2.13. The molecule has 0 unspecified atom stereocenters. The quantitative estimate of drug-likeness (QED) is 0.882. The van der Waals surface area contributed by atoms with E-state index in [2.05, 4.69) is 36.4 Å². The molecule has 2 heterocycles. The van der Waals surface area contributed by atoms with Gasteiger partial charge in [-0.05, 0) is 35.0 Å². The van der Waals surface area contributed by atoms with Gasteiger partial charge < -0.3 is 11.1 Å². The van der Waals surface area contributed by atoms with E-state index in [-0.39, 0.29) is 16.0 Å². The molecule has 2 aromatic heterocycles. The summed E-state index contributed by atoms with van der Waals surface area (Å²) in [6.07, 6.45) is 0. The molecule has 8 heteroatoms. The Morgan fingerprint density at radius 3 is 2.82 bits per heavy atom. The number of nitrogen functional groups attached to an aromatic ring is 1. The molecule has 6 nitrogen and oxygen atoms in total. The first-order valence-electron chi connectivity index (χ1n) is 4.60. The second-order valence-corrected chi connectivity index (χ2v) is 5.03. The molecular formula is C9H8BrN5OS. The maximum Gasteiger partial charge on any atom is 0.287 e. The van der Waals surface area contributed by atoms with Crippen LogP contribution in [0.25, 0.3) is 0 Å². The van der Waals surface area contributed by atoms with Crippen LogP contribution in [0, 0.1) is 6.92 Å². The number of nitrogens with one attached hydrogen (secondary N) is 1. The van der Waals surface area contributed by atoms with Crippen LogP contribution in [0.15, 0.2) is 16.6 Å². The van der Waals surface area contributed by atoms with Crippen molar-refractivity contribution in [2.45, 2.75) is 6.92 Å². The zero-order chi connectivity index (χ0) is 12.4. The molecule has 17 heavy (non-hydrogen) atoms. The molecular weight excluding hydrogens is 306 g/mol. The van der Waals surface area contributed by atoms with Crippen LogP contribution in [0.3, 0.4) is 0 Å². The van der Waals surface area contributed by atoms with Gasteiger partial charge in [0, 0.05) is 4.47 Å². The van der Waals surface area contributed by atoms with E-state index < -0.39 is 0 Å². The number of nitrogens with two attached hydrogens (primary N) is 1. The summed E-state index contributed by atoms with van der Waals surface area (Å²) in [7, 11) is 0. The number of nitrogens with zero attached hydrogens (tertiary/aromatic N) is 3. The molecule has 0 aliphatic carbocycles. The fraction of sp³-hybridized carbons (Fsp3) is 0.111. The highest BCUT2D eigenvalue weighted by molar-refractivity contribution is 9.10. The number of anilines is 2. The predicted octanol–water partition coefficient (Wildman–Crippen LogP) is 1.84. The van der Waals surface area contributed by atoms with Crippen LogP contribution in [0.5, 0.6) is 0 Å². The van der Waals surface area contributed by atoms with Crippen molar-refractivity contribution in [2.75, 3.05) is 11.1 Å². The summed E-state index contributed by atoms with van der Waals surface area (Å²) in [4.78, 5) is 15.9. The minimum atomic E-state index is -0.367. The van der Waals surface area contributed by atoms with Crippen LogP contribution in [0.2, 0.25) is 0 Å². The Morgan fingerprint density at radius 1 is 1.47 bits per heavy atom. The molecule has 0 saturated heterocycles. The first-order chi connectivity index (χ1) is 8.06. The van der Waals surface area contributed by atoms with Crippen molar-refractivity contribution in [3.8, 4) is 0 Å². The molecule has 0 aliphatic heterocycles. The zero-order valence-corrected chi connectivity index (χ0v) is 11.2. The van der Waals surface area contributed by atoms with Gasteiger partial charge >= 0.3 is 0 Å². The van der Waals surface area contributed by atoms with Gasteiger partial charge in [-0.25, -0.2) is 4.98 Å². The van der Waals surface area contributed by atoms with Crippen molar-refractivity contribution < 1.29 is 4.79 Å². The molecule has 88 valence electrons. The Bertz CT molecular complexity index is 570. The minimum absolute atomic E-state index is 0.213. The summed E-state index contributed by atoms with van der Waals surface area (Å²) in [5, 5.41) is 10.3. The van der Waals surface area contributed by atoms with Crippen molar-refractivity contribution in [1.82, 2.24) is 15.2 Å². The monoisotopic (exact) mass is 313 g/mol. The van der Waals surface area contributed by atoms with Crippen LogP contribution in [0.4, 0.5) is 10.9 Å². The van der Waals surface area contributed by atoms with Crippen LogP contribution in [-0.4, -0.2) is 21.1 Å². The van der Waals surface area contributed by atoms with Crippen molar-refractivity contribution in [3.63, 3.8) is 0 Å². The lowest BCUT2D eigenvalue weighted by molar-refractivity contribution is 0.102. The maximum absolute atomic E-state index is 11.7. The van der Waals surface area contributed by atoms with Crippen molar-refractivity contribution in [3.05, 3.63) is 27.3 Å². The predicted molar refractivity (Wildman–Crippen MR) is 68.9 cm³/mol. The van der Waals surface area contributed by atoms with Crippen molar-refractivity contribution in [1.29, 1.82) is 0 Å². The number of pyridine rings is 1. The van der Waals surface area contributed by atoms with Gasteiger partial charge in [0.15, 0.2) is 0 Å². The van der Waals surface area contributed by atoms with E-state index in [9.17, 15) is 4.79 Å². The van der Waals surface area contributed by atoms with Crippen LogP contribution in [0.1, 0.15) is 15.5 Å². The lowest BCUT2D eigenvalue weighted by Gasteiger charge is -2.03. The van der Waals surface area contributed by atoms with E-state index in [1.807, 2.05) is 13.0 Å². The van der Waals surface area contributed by atoms with Gasteiger partial charge in [-0.2, -0.15) is 0 Å². The molecule has 0 saturated carbocycles. The summed E-state index contributed by atoms with van der Waals surface area (Å²) in [6.45, 7) is 1.84. The average Bonchev–Trinajstić information content (AvgIpc) is 2.70. The number of rotatable bonds is 2. The third-order valence-electron chi connectivity index (χ3n) is 1.90. The fourth-order valence-electron chi connectivity index (χ4n) is 1.11. The molecule has 0 spiro atoms. The van der Waals surface area contributed by atoms with Crippen LogP contribution < -0.4 is 11.1 Å². The second-order valence-electron chi connectivity index (χ2n) is 3.16. The van der Waals surface area contributed by atoms with Crippen LogP contribution in [-0.2, 0) is 0 Å². The molecule has 0 aromatic carbocycles. The van der Waals surface area contributed by atoms with Gasteiger partial charge in [0.05, 0.1) is 5.69 Å². The molecule has 1 amide bonds. The summed E-state index contributed by atoms with van der Waals surface area (Å²) < 4.78 is 0.885. The SMILES string of the molecule is Cc1nc(NC(=O)c2nnc(N)s2)ccc1Br. The highest BCUT2D eigenvalue weighted by atomic mass is 79.9. The number of carbonyl (C=O) groups excluding carboxylic acids is 1. The van der Waals surface area contributed by atoms with Gasteiger partial charge in [-0.1, -0.05) is 11.3 Å². The zero-order valence-electron chi connectivity index (χ0n) is 8.77. The fourth-order valence-corrected chi connectivity index (χ4v) is 1.84. The Labute approximate surface area is 109 Å². The molecule has 3 N–H and O–H groups in total. The van der Waals surface area contributed by atoms with E-state index in [1.165, 1.54) is 0 Å². The largest absolute Gasteiger partial charge is 0.374 e. The first-order valence-corrected chi connectivity index (χ1v) is 6.20. The first kappa shape index (κ1) is 11.9. The minimum Gasteiger partial charge on any atom is -0.374 e. The number of carbonyl (C=O) groups is 1. The Balaban J connectivity index is 2.15. The topological polar surface area (TPSA) is 93.8 Å². The van der Waals surface area contributed by atoms with Crippen LogP contribution >= 0.6 is 27.3 Å². The van der Waals surface area contributed by atoms with E-state index in [0.29, 0.717) is 5.82 Å². The number of aromatic nitrogens is 3. The molecule has 0 bridgehead atoms. The van der Waals surface area contributed by atoms with E-state index >= 15 is 0 Å². The molecule has 0 atom stereocenters. The molecule has 2 aromatic rings. The second kappa shape index (κ2) is 4.76.